The molecule has 1 aromatic rings. The third-order valence-corrected chi connectivity index (χ3v) is 4.02. The van der Waals surface area contributed by atoms with Gasteiger partial charge in [0.25, 0.3) is 5.91 Å². The van der Waals surface area contributed by atoms with Crippen LogP contribution >= 0.6 is 0 Å². The number of nitrogens with zero attached hydrogens (tertiary/aromatic N) is 2. The molecule has 20 heavy (non-hydrogen) atoms. The van der Waals surface area contributed by atoms with E-state index in [1.807, 2.05) is 4.90 Å². The SMILES string of the molecule is CC(C)CCN(C(=O)c1ncccc1N)C1CCCC1. The summed E-state index contributed by atoms with van der Waals surface area (Å²) in [7, 11) is 0. The van der Waals surface area contributed by atoms with Gasteiger partial charge in [0.1, 0.15) is 0 Å². The van der Waals surface area contributed by atoms with E-state index in [9.17, 15) is 4.79 Å². The van der Waals surface area contributed by atoms with Gasteiger partial charge in [-0.15, -0.1) is 0 Å². The molecule has 0 spiro atoms. The fraction of sp³-hybridized carbons (Fsp3) is 0.625. The maximum Gasteiger partial charge on any atom is 0.274 e. The monoisotopic (exact) mass is 275 g/mol. The van der Waals surface area contributed by atoms with Crippen LogP contribution in [-0.4, -0.2) is 28.4 Å². The zero-order valence-electron chi connectivity index (χ0n) is 12.5. The van der Waals surface area contributed by atoms with Gasteiger partial charge >= 0.3 is 0 Å². The van der Waals surface area contributed by atoms with Crippen LogP contribution in [-0.2, 0) is 0 Å². The third kappa shape index (κ3) is 3.50. The van der Waals surface area contributed by atoms with Crippen molar-refractivity contribution >= 4 is 11.6 Å². The molecule has 1 saturated carbocycles. The first-order valence-corrected chi connectivity index (χ1v) is 7.61. The van der Waals surface area contributed by atoms with Gasteiger partial charge in [-0.1, -0.05) is 26.7 Å². The molecule has 1 aromatic heterocycles. The highest BCUT2D eigenvalue weighted by atomic mass is 16.2. The minimum Gasteiger partial charge on any atom is -0.397 e. The zero-order chi connectivity index (χ0) is 14.5. The maximum atomic E-state index is 12.7. The Hall–Kier alpha value is -1.58. The normalized spacial score (nSPS) is 15.8. The Bertz CT molecular complexity index is 453. The highest BCUT2D eigenvalue weighted by Crippen LogP contribution is 2.26. The molecule has 2 rings (SSSR count). The van der Waals surface area contributed by atoms with Gasteiger partial charge in [-0.05, 0) is 37.3 Å². The molecule has 4 nitrogen and oxygen atoms in total. The first-order valence-electron chi connectivity index (χ1n) is 7.61. The van der Waals surface area contributed by atoms with Gasteiger partial charge < -0.3 is 10.6 Å². The van der Waals surface area contributed by atoms with Crippen molar-refractivity contribution in [3.8, 4) is 0 Å². The zero-order valence-corrected chi connectivity index (χ0v) is 12.5. The Morgan fingerprint density at radius 1 is 1.45 bits per heavy atom. The first kappa shape index (κ1) is 14.8. The molecule has 0 aromatic carbocycles. The van der Waals surface area contributed by atoms with Gasteiger partial charge in [-0.25, -0.2) is 4.98 Å². The van der Waals surface area contributed by atoms with Crippen LogP contribution in [0.2, 0.25) is 0 Å². The number of nitrogen functional groups attached to an aromatic ring is 1. The lowest BCUT2D eigenvalue weighted by molar-refractivity contribution is 0.0667. The number of pyridine rings is 1. The number of anilines is 1. The number of carbonyl (C=O) groups is 1. The number of rotatable bonds is 5. The highest BCUT2D eigenvalue weighted by Gasteiger charge is 2.28. The van der Waals surface area contributed by atoms with Gasteiger partial charge in [0.05, 0.1) is 5.69 Å². The Morgan fingerprint density at radius 3 is 2.75 bits per heavy atom. The fourth-order valence-corrected chi connectivity index (χ4v) is 2.80. The van der Waals surface area contributed by atoms with Crippen molar-refractivity contribution in [2.45, 2.75) is 52.0 Å². The second-order valence-electron chi connectivity index (χ2n) is 6.06. The summed E-state index contributed by atoms with van der Waals surface area (Å²) < 4.78 is 0. The van der Waals surface area contributed by atoms with Gasteiger partial charge in [0.15, 0.2) is 5.69 Å². The van der Waals surface area contributed by atoms with Crippen LogP contribution in [0.4, 0.5) is 5.69 Å². The topological polar surface area (TPSA) is 59.2 Å². The minimum atomic E-state index is -0.00403. The number of nitrogens with two attached hydrogens (primary N) is 1. The molecule has 4 heteroatoms. The number of hydrogen-bond donors (Lipinski definition) is 1. The first-order chi connectivity index (χ1) is 9.59. The largest absolute Gasteiger partial charge is 0.397 e. The molecule has 1 heterocycles. The lowest BCUT2D eigenvalue weighted by Gasteiger charge is -2.29. The van der Waals surface area contributed by atoms with E-state index in [0.29, 0.717) is 23.3 Å². The standard InChI is InChI=1S/C16H25N3O/c1-12(2)9-11-19(13-6-3-4-7-13)16(20)15-14(17)8-5-10-18-15/h5,8,10,12-13H,3-4,6-7,9,11,17H2,1-2H3. The van der Waals surface area contributed by atoms with Crippen LogP contribution in [0, 0.1) is 5.92 Å². The van der Waals surface area contributed by atoms with Crippen molar-refractivity contribution < 1.29 is 4.79 Å². The molecule has 0 unspecified atom stereocenters. The molecule has 110 valence electrons. The average molecular weight is 275 g/mol. The average Bonchev–Trinajstić information content (AvgIpc) is 2.93. The quantitative estimate of drug-likeness (QED) is 0.898. The lowest BCUT2D eigenvalue weighted by Crippen LogP contribution is -2.40. The molecule has 0 radical (unpaired) electrons. The number of aromatic nitrogens is 1. The van der Waals surface area contributed by atoms with Gasteiger partial charge in [0.2, 0.25) is 0 Å². The molecular formula is C16H25N3O. The smallest absolute Gasteiger partial charge is 0.274 e. The molecule has 0 bridgehead atoms. The Labute approximate surface area is 121 Å². The molecule has 1 fully saturated rings. The Morgan fingerprint density at radius 2 is 2.15 bits per heavy atom. The van der Waals surface area contributed by atoms with Crippen molar-refractivity contribution in [2.75, 3.05) is 12.3 Å². The highest BCUT2D eigenvalue weighted by molar-refractivity contribution is 5.97. The Kier molecular flexibility index (Phi) is 4.99. The summed E-state index contributed by atoms with van der Waals surface area (Å²) in [5, 5.41) is 0. The number of carbonyl (C=O) groups excluding carboxylic acids is 1. The summed E-state index contributed by atoms with van der Waals surface area (Å²) in [4.78, 5) is 18.9. The third-order valence-electron chi connectivity index (χ3n) is 4.02. The van der Waals surface area contributed by atoms with Crippen molar-refractivity contribution in [2.24, 2.45) is 5.92 Å². The Balaban J connectivity index is 2.16. The van der Waals surface area contributed by atoms with Gasteiger partial charge in [-0.2, -0.15) is 0 Å². The molecule has 0 atom stereocenters. The van der Waals surface area contributed by atoms with Crippen LogP contribution in [0.15, 0.2) is 18.3 Å². The van der Waals surface area contributed by atoms with E-state index < -0.39 is 0 Å². The molecule has 2 N–H and O–H groups in total. The summed E-state index contributed by atoms with van der Waals surface area (Å²) in [6.07, 6.45) is 7.31. The van der Waals surface area contributed by atoms with Gasteiger partial charge in [0, 0.05) is 18.8 Å². The molecule has 1 aliphatic rings. The van der Waals surface area contributed by atoms with Crippen LogP contribution in [0.5, 0.6) is 0 Å². The van der Waals surface area contributed by atoms with E-state index in [1.165, 1.54) is 12.8 Å². The minimum absolute atomic E-state index is 0.00403. The van der Waals surface area contributed by atoms with E-state index in [1.54, 1.807) is 18.3 Å². The summed E-state index contributed by atoms with van der Waals surface area (Å²) in [5.74, 6) is 0.587. The van der Waals surface area contributed by atoms with Crippen molar-refractivity contribution in [3.63, 3.8) is 0 Å². The molecule has 1 aliphatic carbocycles. The van der Waals surface area contributed by atoms with E-state index in [4.69, 9.17) is 5.73 Å². The molecule has 0 aliphatic heterocycles. The van der Waals surface area contributed by atoms with Crippen molar-refractivity contribution in [1.82, 2.24) is 9.88 Å². The van der Waals surface area contributed by atoms with Crippen LogP contribution in [0.3, 0.4) is 0 Å². The number of hydrogen-bond acceptors (Lipinski definition) is 3. The fourth-order valence-electron chi connectivity index (χ4n) is 2.80. The van der Waals surface area contributed by atoms with Crippen LogP contribution in [0.1, 0.15) is 56.4 Å². The summed E-state index contributed by atoms with van der Waals surface area (Å²) in [6, 6.07) is 3.87. The van der Waals surface area contributed by atoms with Crippen LogP contribution in [0.25, 0.3) is 0 Å². The van der Waals surface area contributed by atoms with E-state index in [2.05, 4.69) is 18.8 Å². The molecular weight excluding hydrogens is 250 g/mol. The lowest BCUT2D eigenvalue weighted by atomic mass is 10.1. The second-order valence-corrected chi connectivity index (χ2v) is 6.06. The van der Waals surface area contributed by atoms with Crippen molar-refractivity contribution in [1.29, 1.82) is 0 Å². The predicted molar refractivity (Wildman–Crippen MR) is 81.4 cm³/mol. The van der Waals surface area contributed by atoms with E-state index >= 15 is 0 Å². The molecule has 0 saturated heterocycles. The van der Waals surface area contributed by atoms with Crippen molar-refractivity contribution in [3.05, 3.63) is 24.0 Å². The number of amides is 1. The van der Waals surface area contributed by atoms with E-state index in [0.717, 1.165) is 25.8 Å². The second kappa shape index (κ2) is 6.73. The van der Waals surface area contributed by atoms with E-state index in [-0.39, 0.29) is 5.91 Å². The van der Waals surface area contributed by atoms with Crippen LogP contribution < -0.4 is 5.73 Å². The molecule has 1 amide bonds. The predicted octanol–water partition coefficient (Wildman–Crippen LogP) is 3.09. The summed E-state index contributed by atoms with van der Waals surface area (Å²) >= 11 is 0. The maximum absolute atomic E-state index is 12.7. The van der Waals surface area contributed by atoms with Gasteiger partial charge in [-0.3, -0.25) is 4.79 Å². The summed E-state index contributed by atoms with van der Waals surface area (Å²) in [6.45, 7) is 5.18. The summed E-state index contributed by atoms with van der Waals surface area (Å²) in [5.41, 5.74) is 6.79.